The van der Waals surface area contributed by atoms with Gasteiger partial charge in [-0.25, -0.2) is 4.39 Å². The predicted octanol–water partition coefficient (Wildman–Crippen LogP) is 2.00. The van der Waals surface area contributed by atoms with Crippen molar-refractivity contribution in [1.82, 2.24) is 0 Å². The van der Waals surface area contributed by atoms with E-state index in [9.17, 15) is 14.3 Å². The van der Waals surface area contributed by atoms with Gasteiger partial charge in [-0.2, -0.15) is 0 Å². The van der Waals surface area contributed by atoms with Crippen LogP contribution >= 0.6 is 0 Å². The van der Waals surface area contributed by atoms with Gasteiger partial charge in [-0.1, -0.05) is 6.07 Å². The van der Waals surface area contributed by atoms with Gasteiger partial charge in [0.15, 0.2) is 0 Å². The second kappa shape index (κ2) is 3.87. The Kier molecular flexibility index (Phi) is 2.68. The van der Waals surface area contributed by atoms with Crippen molar-refractivity contribution in [2.75, 3.05) is 4.90 Å². The zero-order valence-corrected chi connectivity index (χ0v) is 9.27. The molecule has 0 saturated carbocycles. The first-order chi connectivity index (χ1) is 7.50. The molecule has 1 aromatic carbocycles. The Balaban J connectivity index is 2.56. The molecular weight excluding hydrogens is 209 g/mol. The van der Waals surface area contributed by atoms with Crippen molar-refractivity contribution in [3.63, 3.8) is 0 Å². The molecule has 0 aliphatic carbocycles. The number of aliphatic hydroxyl groups excluding tert-OH is 1. The van der Waals surface area contributed by atoms with Crippen LogP contribution in [0.25, 0.3) is 0 Å². The summed E-state index contributed by atoms with van der Waals surface area (Å²) in [6.07, 6.45) is -0.140. The molecule has 2 unspecified atom stereocenters. The van der Waals surface area contributed by atoms with Crippen LogP contribution in [0.4, 0.5) is 10.1 Å². The average Bonchev–Trinajstić information content (AvgIpc) is 2.15. The maximum atomic E-state index is 13.2. The van der Waals surface area contributed by atoms with Crippen LogP contribution in [0.5, 0.6) is 0 Å². The van der Waals surface area contributed by atoms with E-state index in [1.54, 1.807) is 0 Å². The van der Waals surface area contributed by atoms with Crippen molar-refractivity contribution in [2.45, 2.75) is 32.4 Å². The van der Waals surface area contributed by atoms with E-state index in [-0.39, 0.29) is 11.9 Å². The lowest BCUT2D eigenvalue weighted by atomic mass is 9.94. The zero-order valence-electron chi connectivity index (χ0n) is 9.27. The molecule has 2 rings (SSSR count). The highest BCUT2D eigenvalue weighted by Crippen LogP contribution is 2.37. The largest absolute Gasteiger partial charge is 0.388 e. The van der Waals surface area contributed by atoms with E-state index >= 15 is 0 Å². The summed E-state index contributed by atoms with van der Waals surface area (Å²) in [7, 11) is 0. The Bertz CT molecular complexity index is 433. The Morgan fingerprint density at radius 1 is 1.56 bits per heavy atom. The summed E-state index contributed by atoms with van der Waals surface area (Å²) in [4.78, 5) is 13.0. The van der Waals surface area contributed by atoms with Gasteiger partial charge in [0, 0.05) is 18.5 Å². The first kappa shape index (κ1) is 11.1. The third kappa shape index (κ3) is 1.69. The van der Waals surface area contributed by atoms with Crippen LogP contribution in [-0.4, -0.2) is 17.1 Å². The van der Waals surface area contributed by atoms with E-state index in [4.69, 9.17) is 0 Å². The van der Waals surface area contributed by atoms with E-state index in [1.165, 1.54) is 30.0 Å². The number of halogens is 1. The molecular formula is C12H14FNO2. The van der Waals surface area contributed by atoms with Gasteiger partial charge in [-0.3, -0.25) is 4.79 Å². The molecule has 16 heavy (non-hydrogen) atoms. The Labute approximate surface area is 93.5 Å². The number of carbonyl (C=O) groups is 1. The monoisotopic (exact) mass is 223 g/mol. The Morgan fingerprint density at radius 3 is 2.88 bits per heavy atom. The number of aliphatic hydroxyl groups is 1. The van der Waals surface area contributed by atoms with E-state index in [1.807, 2.05) is 6.92 Å². The highest BCUT2D eigenvalue weighted by atomic mass is 19.1. The Hall–Kier alpha value is -1.42. The molecule has 2 atom stereocenters. The second-order valence-corrected chi connectivity index (χ2v) is 4.19. The van der Waals surface area contributed by atoms with E-state index < -0.39 is 11.9 Å². The van der Waals surface area contributed by atoms with Gasteiger partial charge in [0.2, 0.25) is 5.91 Å². The molecule has 1 amide bonds. The van der Waals surface area contributed by atoms with Crippen LogP contribution in [0.3, 0.4) is 0 Å². The number of hydrogen-bond donors (Lipinski definition) is 1. The molecule has 1 aromatic rings. The summed E-state index contributed by atoms with van der Waals surface area (Å²) in [5, 5.41) is 9.86. The van der Waals surface area contributed by atoms with Crippen LogP contribution in [0, 0.1) is 5.82 Å². The molecule has 1 aliphatic rings. The number of carbonyl (C=O) groups excluding carboxylic acids is 1. The third-order valence-electron chi connectivity index (χ3n) is 2.96. The second-order valence-electron chi connectivity index (χ2n) is 4.19. The SMILES string of the molecule is CC(=O)N1c2cc(F)ccc2C(O)CC1C. The molecule has 0 fully saturated rings. The number of amides is 1. The van der Waals surface area contributed by atoms with Crippen LogP contribution in [0.2, 0.25) is 0 Å². The summed E-state index contributed by atoms with van der Waals surface area (Å²) < 4.78 is 13.2. The normalized spacial score (nSPS) is 24.1. The topological polar surface area (TPSA) is 40.5 Å². The molecule has 3 nitrogen and oxygen atoms in total. The fourth-order valence-corrected chi connectivity index (χ4v) is 2.28. The quantitative estimate of drug-likeness (QED) is 0.730. The number of hydrogen-bond acceptors (Lipinski definition) is 2. The summed E-state index contributed by atoms with van der Waals surface area (Å²) in [5.41, 5.74) is 1.11. The molecule has 0 radical (unpaired) electrons. The molecule has 1 heterocycles. The lowest BCUT2D eigenvalue weighted by Gasteiger charge is -2.37. The van der Waals surface area contributed by atoms with Crippen molar-refractivity contribution in [3.8, 4) is 0 Å². The Morgan fingerprint density at radius 2 is 2.25 bits per heavy atom. The molecule has 86 valence electrons. The maximum Gasteiger partial charge on any atom is 0.224 e. The van der Waals surface area contributed by atoms with Gasteiger partial charge in [0.25, 0.3) is 0 Å². The molecule has 0 saturated heterocycles. The van der Waals surface area contributed by atoms with Gasteiger partial charge in [-0.05, 0) is 25.5 Å². The standard InChI is InChI=1S/C12H14FNO2/c1-7-5-12(16)10-4-3-9(13)6-11(10)14(7)8(2)15/h3-4,6-7,12,16H,5H2,1-2H3. The number of rotatable bonds is 0. The fraction of sp³-hybridized carbons (Fsp3) is 0.417. The van der Waals surface area contributed by atoms with Crippen molar-refractivity contribution >= 4 is 11.6 Å². The van der Waals surface area contributed by atoms with Gasteiger partial charge in [-0.15, -0.1) is 0 Å². The first-order valence-electron chi connectivity index (χ1n) is 5.28. The average molecular weight is 223 g/mol. The van der Waals surface area contributed by atoms with E-state index in [0.29, 0.717) is 17.7 Å². The van der Waals surface area contributed by atoms with Crippen molar-refractivity contribution < 1.29 is 14.3 Å². The fourth-order valence-electron chi connectivity index (χ4n) is 2.28. The lowest BCUT2D eigenvalue weighted by molar-refractivity contribution is -0.117. The molecule has 4 heteroatoms. The molecule has 0 bridgehead atoms. The van der Waals surface area contributed by atoms with Crippen LogP contribution < -0.4 is 4.90 Å². The number of benzene rings is 1. The predicted molar refractivity (Wildman–Crippen MR) is 58.6 cm³/mol. The summed E-state index contributed by atoms with van der Waals surface area (Å²) >= 11 is 0. The molecule has 0 spiro atoms. The minimum atomic E-state index is -0.624. The third-order valence-corrected chi connectivity index (χ3v) is 2.96. The van der Waals surface area contributed by atoms with Crippen LogP contribution in [0.1, 0.15) is 31.9 Å². The highest BCUT2D eigenvalue weighted by molar-refractivity contribution is 5.93. The molecule has 1 N–H and O–H groups in total. The lowest BCUT2D eigenvalue weighted by Crippen LogP contribution is -2.42. The number of anilines is 1. The summed E-state index contributed by atoms with van der Waals surface area (Å²) in [6, 6.07) is 4.03. The van der Waals surface area contributed by atoms with Crippen molar-refractivity contribution in [3.05, 3.63) is 29.6 Å². The number of fused-ring (bicyclic) bond motifs is 1. The van der Waals surface area contributed by atoms with E-state index in [2.05, 4.69) is 0 Å². The number of nitrogens with zero attached hydrogens (tertiary/aromatic N) is 1. The minimum Gasteiger partial charge on any atom is -0.388 e. The van der Waals surface area contributed by atoms with Gasteiger partial charge >= 0.3 is 0 Å². The van der Waals surface area contributed by atoms with E-state index in [0.717, 1.165) is 0 Å². The summed E-state index contributed by atoms with van der Waals surface area (Å²) in [5.74, 6) is -0.530. The first-order valence-corrected chi connectivity index (χ1v) is 5.28. The van der Waals surface area contributed by atoms with Gasteiger partial charge < -0.3 is 10.0 Å². The van der Waals surface area contributed by atoms with Crippen LogP contribution in [0.15, 0.2) is 18.2 Å². The minimum absolute atomic E-state index is 0.109. The zero-order chi connectivity index (χ0) is 11.9. The smallest absolute Gasteiger partial charge is 0.224 e. The highest BCUT2D eigenvalue weighted by Gasteiger charge is 2.31. The molecule has 0 aromatic heterocycles. The van der Waals surface area contributed by atoms with Crippen molar-refractivity contribution in [2.24, 2.45) is 0 Å². The summed E-state index contributed by atoms with van der Waals surface area (Å²) in [6.45, 7) is 3.29. The van der Waals surface area contributed by atoms with Gasteiger partial charge in [0.1, 0.15) is 5.82 Å². The molecule has 1 aliphatic heterocycles. The van der Waals surface area contributed by atoms with Crippen LogP contribution in [-0.2, 0) is 4.79 Å². The maximum absolute atomic E-state index is 13.2. The van der Waals surface area contributed by atoms with Crippen molar-refractivity contribution in [1.29, 1.82) is 0 Å². The van der Waals surface area contributed by atoms with Gasteiger partial charge in [0.05, 0.1) is 11.8 Å².